The maximum Gasteiger partial charge on any atom is 0.231 e. The molecule has 1 atom stereocenters. The Morgan fingerprint density at radius 1 is 1.23 bits per heavy atom. The predicted molar refractivity (Wildman–Crippen MR) is 118 cm³/mol. The fraction of sp³-hybridized carbons (Fsp3) is 0.238. The third-order valence-electron chi connectivity index (χ3n) is 5.11. The molecule has 0 radical (unpaired) electrons. The van der Waals surface area contributed by atoms with E-state index in [-0.39, 0.29) is 17.6 Å². The van der Waals surface area contributed by atoms with Gasteiger partial charge in [0.1, 0.15) is 11.3 Å². The summed E-state index contributed by atoms with van der Waals surface area (Å²) in [6.45, 7) is 1.38. The lowest BCUT2D eigenvalue weighted by molar-refractivity contribution is -0.120. The number of piperidine rings is 1. The smallest absolute Gasteiger partial charge is 0.231 e. The van der Waals surface area contributed by atoms with E-state index >= 15 is 0 Å². The van der Waals surface area contributed by atoms with Gasteiger partial charge in [-0.3, -0.25) is 9.78 Å². The first-order chi connectivity index (χ1) is 14.7. The lowest BCUT2D eigenvalue weighted by atomic mass is 9.97. The highest BCUT2D eigenvalue weighted by Gasteiger charge is 2.28. The van der Waals surface area contributed by atoms with Crippen LogP contribution in [0.5, 0.6) is 0 Å². The van der Waals surface area contributed by atoms with Gasteiger partial charge in [-0.25, -0.2) is 14.4 Å². The summed E-state index contributed by atoms with van der Waals surface area (Å²) in [6.07, 6.45) is 5.16. The number of hydrogen-bond donors (Lipinski definition) is 1. The standard InChI is InChI=1S/C21H18FN5OS2/c22-15-6-1-7-17-18(15)25-21(30-17)27-9-3-5-14(11-27)19(28)26-20-24-16(12-29-20)13-4-2-8-23-10-13/h1-2,4,6-8,10,12,14H,3,5,9,11H2,(H,24,26,28). The van der Waals surface area contributed by atoms with Gasteiger partial charge in [-0.1, -0.05) is 17.4 Å². The summed E-state index contributed by atoms with van der Waals surface area (Å²) in [5.74, 6) is -0.519. The first kappa shape index (κ1) is 19.1. The van der Waals surface area contributed by atoms with E-state index in [1.165, 1.54) is 28.7 Å². The van der Waals surface area contributed by atoms with Crippen LogP contribution in [0.4, 0.5) is 14.7 Å². The molecule has 6 nitrogen and oxygen atoms in total. The molecule has 1 saturated heterocycles. The van der Waals surface area contributed by atoms with Crippen molar-refractivity contribution in [3.63, 3.8) is 0 Å². The van der Waals surface area contributed by atoms with Crippen molar-refractivity contribution in [2.45, 2.75) is 12.8 Å². The molecular formula is C21H18FN5OS2. The summed E-state index contributed by atoms with van der Waals surface area (Å²) in [5.41, 5.74) is 2.11. The van der Waals surface area contributed by atoms with Gasteiger partial charge < -0.3 is 10.2 Å². The Morgan fingerprint density at radius 2 is 2.17 bits per heavy atom. The quantitative estimate of drug-likeness (QED) is 0.494. The minimum atomic E-state index is -0.311. The SMILES string of the molecule is O=C(Nc1nc(-c2cccnc2)cs1)C1CCCN(c2nc3c(F)cccc3s2)C1. The summed E-state index contributed by atoms with van der Waals surface area (Å²) in [5, 5.41) is 6.21. The molecule has 1 aliphatic rings. The third kappa shape index (κ3) is 3.78. The molecule has 1 aromatic carbocycles. The van der Waals surface area contributed by atoms with Crippen LogP contribution in [0.1, 0.15) is 12.8 Å². The summed E-state index contributed by atoms with van der Waals surface area (Å²) in [6, 6.07) is 8.78. The van der Waals surface area contributed by atoms with Crippen LogP contribution >= 0.6 is 22.7 Å². The summed E-state index contributed by atoms with van der Waals surface area (Å²) < 4.78 is 14.8. The molecule has 0 spiro atoms. The Morgan fingerprint density at radius 3 is 3.00 bits per heavy atom. The van der Waals surface area contributed by atoms with Gasteiger partial charge in [-0.2, -0.15) is 0 Å². The number of thiazole rings is 2. The number of pyridine rings is 1. The number of fused-ring (bicyclic) bond motifs is 1. The number of hydrogen-bond acceptors (Lipinski definition) is 7. The number of carbonyl (C=O) groups excluding carboxylic acids is 1. The van der Waals surface area contributed by atoms with Crippen molar-refractivity contribution in [3.8, 4) is 11.3 Å². The van der Waals surface area contributed by atoms with E-state index in [1.54, 1.807) is 18.5 Å². The summed E-state index contributed by atoms with van der Waals surface area (Å²) in [4.78, 5) is 28.0. The van der Waals surface area contributed by atoms with E-state index in [1.807, 2.05) is 23.6 Å². The van der Waals surface area contributed by atoms with Gasteiger partial charge in [0.05, 0.1) is 16.3 Å². The van der Waals surface area contributed by atoms with Crippen molar-refractivity contribution >= 4 is 49.1 Å². The Hall–Kier alpha value is -2.91. The zero-order chi connectivity index (χ0) is 20.5. The van der Waals surface area contributed by atoms with Crippen LogP contribution in [0, 0.1) is 11.7 Å². The second-order valence-electron chi connectivity index (χ2n) is 7.14. The largest absolute Gasteiger partial charge is 0.347 e. The molecule has 1 amide bonds. The molecule has 1 aliphatic heterocycles. The number of rotatable bonds is 4. The van der Waals surface area contributed by atoms with Gasteiger partial charge >= 0.3 is 0 Å². The van der Waals surface area contributed by atoms with Crippen LogP contribution in [0.25, 0.3) is 21.5 Å². The second kappa shape index (κ2) is 8.08. The number of benzene rings is 1. The normalized spacial score (nSPS) is 16.7. The van der Waals surface area contributed by atoms with Gasteiger partial charge in [-0.05, 0) is 37.1 Å². The van der Waals surface area contributed by atoms with Gasteiger partial charge in [0, 0.05) is 36.4 Å². The molecule has 1 unspecified atom stereocenters. The Balaban J connectivity index is 1.28. The molecule has 0 aliphatic carbocycles. The van der Waals surface area contributed by atoms with Crippen LogP contribution in [0.2, 0.25) is 0 Å². The van der Waals surface area contributed by atoms with Gasteiger partial charge in [0.25, 0.3) is 0 Å². The number of para-hydroxylation sites is 1. The van der Waals surface area contributed by atoms with E-state index < -0.39 is 0 Å². The fourth-order valence-electron chi connectivity index (χ4n) is 3.59. The highest BCUT2D eigenvalue weighted by atomic mass is 32.1. The average molecular weight is 440 g/mol. The zero-order valence-electron chi connectivity index (χ0n) is 15.9. The minimum absolute atomic E-state index is 0.0425. The monoisotopic (exact) mass is 439 g/mol. The first-order valence-corrected chi connectivity index (χ1v) is 11.3. The molecule has 5 rings (SSSR count). The molecule has 4 heterocycles. The third-order valence-corrected chi connectivity index (χ3v) is 6.95. The van der Waals surface area contributed by atoms with E-state index in [4.69, 9.17) is 0 Å². The van der Waals surface area contributed by atoms with Gasteiger partial charge in [-0.15, -0.1) is 11.3 Å². The maximum atomic E-state index is 14.0. The number of nitrogens with one attached hydrogen (secondary N) is 1. The zero-order valence-corrected chi connectivity index (χ0v) is 17.5. The van der Waals surface area contributed by atoms with E-state index in [0.29, 0.717) is 17.2 Å². The molecule has 4 aromatic rings. The van der Waals surface area contributed by atoms with Crippen molar-refractivity contribution in [3.05, 3.63) is 53.9 Å². The maximum absolute atomic E-state index is 14.0. The average Bonchev–Trinajstić information content (AvgIpc) is 3.42. The van der Waals surface area contributed by atoms with Crippen LogP contribution < -0.4 is 10.2 Å². The van der Waals surface area contributed by atoms with Crippen LogP contribution in [0.3, 0.4) is 0 Å². The fourth-order valence-corrected chi connectivity index (χ4v) is 5.33. The van der Waals surface area contributed by atoms with Crippen LogP contribution in [-0.2, 0) is 4.79 Å². The summed E-state index contributed by atoms with van der Waals surface area (Å²) >= 11 is 2.87. The Bertz CT molecular complexity index is 1190. The Kier molecular flexibility index (Phi) is 5.14. The number of aromatic nitrogens is 3. The van der Waals surface area contributed by atoms with Gasteiger partial charge in [0.2, 0.25) is 5.91 Å². The minimum Gasteiger partial charge on any atom is -0.347 e. The molecule has 0 bridgehead atoms. The molecule has 3 aromatic heterocycles. The highest BCUT2D eigenvalue weighted by molar-refractivity contribution is 7.22. The van der Waals surface area contributed by atoms with E-state index in [2.05, 4.69) is 25.2 Å². The topological polar surface area (TPSA) is 71.0 Å². The molecule has 9 heteroatoms. The Labute approximate surface area is 180 Å². The second-order valence-corrected chi connectivity index (χ2v) is 9.00. The van der Waals surface area contributed by atoms with Crippen LogP contribution in [0.15, 0.2) is 48.1 Å². The number of halogens is 1. The molecular weight excluding hydrogens is 421 g/mol. The van der Waals surface area contributed by atoms with Crippen molar-refractivity contribution in [2.24, 2.45) is 5.92 Å². The summed E-state index contributed by atoms with van der Waals surface area (Å²) in [7, 11) is 0. The van der Waals surface area contributed by atoms with Crippen molar-refractivity contribution in [1.82, 2.24) is 15.0 Å². The van der Waals surface area contributed by atoms with Gasteiger partial charge in [0.15, 0.2) is 10.3 Å². The number of carbonyl (C=O) groups is 1. The van der Waals surface area contributed by atoms with E-state index in [0.717, 1.165) is 40.5 Å². The lowest BCUT2D eigenvalue weighted by Gasteiger charge is -2.31. The lowest BCUT2D eigenvalue weighted by Crippen LogP contribution is -2.40. The number of nitrogens with zero attached hydrogens (tertiary/aromatic N) is 4. The van der Waals surface area contributed by atoms with Crippen LogP contribution in [-0.4, -0.2) is 33.9 Å². The highest BCUT2D eigenvalue weighted by Crippen LogP contribution is 2.33. The predicted octanol–water partition coefficient (Wildman–Crippen LogP) is 4.81. The molecule has 152 valence electrons. The van der Waals surface area contributed by atoms with Crippen molar-refractivity contribution < 1.29 is 9.18 Å². The number of anilines is 2. The molecule has 1 N–H and O–H groups in total. The van der Waals surface area contributed by atoms with E-state index in [9.17, 15) is 9.18 Å². The first-order valence-electron chi connectivity index (χ1n) is 9.64. The molecule has 1 fully saturated rings. The molecule has 30 heavy (non-hydrogen) atoms. The van der Waals surface area contributed by atoms with Crippen molar-refractivity contribution in [1.29, 1.82) is 0 Å². The number of amides is 1. The van der Waals surface area contributed by atoms with Crippen molar-refractivity contribution in [2.75, 3.05) is 23.3 Å². The molecule has 0 saturated carbocycles.